The van der Waals surface area contributed by atoms with Gasteiger partial charge in [0.05, 0.1) is 0 Å². The van der Waals surface area contributed by atoms with Crippen molar-refractivity contribution in [3.63, 3.8) is 0 Å². The molecule has 1 N–H and O–H groups in total. The third-order valence-electron chi connectivity index (χ3n) is 2.79. The first kappa shape index (κ1) is 13.2. The first-order valence-corrected chi connectivity index (χ1v) is 5.70. The van der Waals surface area contributed by atoms with E-state index < -0.39 is 0 Å². The van der Waals surface area contributed by atoms with E-state index in [1.807, 2.05) is 45.0 Å². The largest absolute Gasteiger partial charge is 0.349 e. The highest BCUT2D eigenvalue weighted by Crippen LogP contribution is 2.18. The molecule has 0 radical (unpaired) electrons. The van der Waals surface area contributed by atoms with Gasteiger partial charge >= 0.3 is 0 Å². The van der Waals surface area contributed by atoms with Gasteiger partial charge in [-0.2, -0.15) is 0 Å². The minimum atomic E-state index is -0.0389. The molecule has 2 nitrogen and oxygen atoms in total. The van der Waals surface area contributed by atoms with Crippen molar-refractivity contribution in [2.24, 2.45) is 0 Å². The summed E-state index contributed by atoms with van der Waals surface area (Å²) in [5.41, 5.74) is 4.06. The zero-order valence-corrected chi connectivity index (χ0v) is 10.7. The van der Waals surface area contributed by atoms with Crippen molar-refractivity contribution < 1.29 is 4.79 Å². The first-order valence-electron chi connectivity index (χ1n) is 5.70. The predicted molar refractivity (Wildman–Crippen MR) is 72.7 cm³/mol. The third-order valence-corrected chi connectivity index (χ3v) is 2.79. The van der Waals surface area contributed by atoms with Crippen LogP contribution in [0.1, 0.15) is 25.0 Å². The number of hydrogen-bond donors (Lipinski definition) is 1. The quantitative estimate of drug-likeness (QED) is 0.624. The van der Waals surface area contributed by atoms with Crippen molar-refractivity contribution in [1.82, 2.24) is 5.32 Å². The van der Waals surface area contributed by atoms with E-state index in [1.165, 1.54) is 5.56 Å². The molecule has 0 saturated carbocycles. The highest BCUT2D eigenvalue weighted by Gasteiger charge is 2.07. The number of hydrogen-bond acceptors (Lipinski definition) is 1. The van der Waals surface area contributed by atoms with Crippen LogP contribution in [0.4, 0.5) is 0 Å². The maximum absolute atomic E-state index is 11.8. The standard InChI is InChI=1S/C15H19NO/c1-5-10-16-15(17)13(4)12(3)14-8-6-11(2)7-9-14/h5-9H,1,10H2,2-4H3,(H,16,17)/b13-12-. The molecular weight excluding hydrogens is 210 g/mol. The molecule has 0 heterocycles. The number of carbonyl (C=O) groups excluding carboxylic acids is 1. The van der Waals surface area contributed by atoms with Gasteiger partial charge in [-0.25, -0.2) is 0 Å². The Morgan fingerprint density at radius 3 is 2.41 bits per heavy atom. The van der Waals surface area contributed by atoms with Crippen molar-refractivity contribution in [2.45, 2.75) is 20.8 Å². The minimum Gasteiger partial charge on any atom is -0.349 e. The molecule has 90 valence electrons. The molecule has 1 amide bonds. The Morgan fingerprint density at radius 2 is 1.88 bits per heavy atom. The summed E-state index contributed by atoms with van der Waals surface area (Å²) in [5.74, 6) is -0.0389. The fraction of sp³-hybridized carbons (Fsp3) is 0.267. The topological polar surface area (TPSA) is 29.1 Å². The molecule has 0 aromatic heterocycles. The van der Waals surface area contributed by atoms with Gasteiger partial charge in [-0.3, -0.25) is 4.79 Å². The summed E-state index contributed by atoms with van der Waals surface area (Å²) >= 11 is 0. The Morgan fingerprint density at radius 1 is 1.29 bits per heavy atom. The molecule has 17 heavy (non-hydrogen) atoms. The highest BCUT2D eigenvalue weighted by molar-refractivity contribution is 6.00. The van der Waals surface area contributed by atoms with Crippen LogP contribution in [0.5, 0.6) is 0 Å². The van der Waals surface area contributed by atoms with E-state index in [4.69, 9.17) is 0 Å². The summed E-state index contributed by atoms with van der Waals surface area (Å²) in [5, 5.41) is 2.78. The van der Waals surface area contributed by atoms with E-state index in [9.17, 15) is 4.79 Å². The number of benzene rings is 1. The molecule has 1 aromatic rings. The van der Waals surface area contributed by atoms with Crippen molar-refractivity contribution in [3.05, 3.63) is 53.6 Å². The lowest BCUT2D eigenvalue weighted by Crippen LogP contribution is -2.24. The van der Waals surface area contributed by atoms with Crippen LogP contribution in [0.2, 0.25) is 0 Å². The molecule has 0 spiro atoms. The lowest BCUT2D eigenvalue weighted by atomic mass is 10.0. The zero-order chi connectivity index (χ0) is 12.8. The van der Waals surface area contributed by atoms with Gasteiger partial charge in [0, 0.05) is 12.1 Å². The summed E-state index contributed by atoms with van der Waals surface area (Å²) < 4.78 is 0. The maximum Gasteiger partial charge on any atom is 0.247 e. The van der Waals surface area contributed by atoms with Gasteiger partial charge in [0.1, 0.15) is 0 Å². The van der Waals surface area contributed by atoms with E-state index in [0.717, 1.165) is 16.7 Å². The number of aryl methyl sites for hydroxylation is 1. The van der Waals surface area contributed by atoms with Crippen molar-refractivity contribution in [3.8, 4) is 0 Å². The minimum absolute atomic E-state index is 0.0389. The van der Waals surface area contributed by atoms with E-state index in [0.29, 0.717) is 6.54 Å². The van der Waals surface area contributed by atoms with Gasteiger partial charge in [-0.15, -0.1) is 6.58 Å². The number of rotatable bonds is 4. The number of allylic oxidation sites excluding steroid dienone is 1. The van der Waals surface area contributed by atoms with Gasteiger partial charge in [-0.1, -0.05) is 35.9 Å². The second-order valence-electron chi connectivity index (χ2n) is 4.11. The van der Waals surface area contributed by atoms with Crippen LogP contribution in [-0.4, -0.2) is 12.5 Å². The van der Waals surface area contributed by atoms with Crippen molar-refractivity contribution in [1.29, 1.82) is 0 Å². The van der Waals surface area contributed by atoms with Gasteiger partial charge < -0.3 is 5.32 Å². The number of amides is 1. The van der Waals surface area contributed by atoms with Crippen LogP contribution in [-0.2, 0) is 4.79 Å². The SMILES string of the molecule is C=CCNC(=O)/C(C)=C(/C)c1ccc(C)cc1. The van der Waals surface area contributed by atoms with E-state index in [-0.39, 0.29) is 5.91 Å². The molecular formula is C15H19NO. The zero-order valence-electron chi connectivity index (χ0n) is 10.7. The lowest BCUT2D eigenvalue weighted by molar-refractivity contribution is -0.117. The third kappa shape index (κ3) is 3.59. The molecule has 2 heteroatoms. The molecule has 1 rings (SSSR count). The molecule has 0 aliphatic heterocycles. The smallest absolute Gasteiger partial charge is 0.247 e. The van der Waals surface area contributed by atoms with Gasteiger partial charge in [0.25, 0.3) is 0 Å². The Labute approximate surface area is 103 Å². The average Bonchev–Trinajstić information content (AvgIpc) is 2.35. The summed E-state index contributed by atoms with van der Waals surface area (Å²) in [4.78, 5) is 11.8. The van der Waals surface area contributed by atoms with E-state index >= 15 is 0 Å². The first-order chi connectivity index (χ1) is 8.06. The van der Waals surface area contributed by atoms with Crippen LogP contribution in [0, 0.1) is 6.92 Å². The molecule has 0 bridgehead atoms. The van der Waals surface area contributed by atoms with Crippen molar-refractivity contribution >= 4 is 11.5 Å². The summed E-state index contributed by atoms with van der Waals surface area (Å²) in [7, 11) is 0. The lowest BCUT2D eigenvalue weighted by Gasteiger charge is -2.08. The van der Waals surface area contributed by atoms with Crippen LogP contribution in [0.25, 0.3) is 5.57 Å². The second kappa shape index (κ2) is 6.04. The van der Waals surface area contributed by atoms with E-state index in [2.05, 4.69) is 11.9 Å². The maximum atomic E-state index is 11.8. The molecule has 0 saturated heterocycles. The normalized spacial score (nSPS) is 11.7. The van der Waals surface area contributed by atoms with Gasteiger partial charge in [-0.05, 0) is 31.9 Å². The average molecular weight is 229 g/mol. The van der Waals surface area contributed by atoms with Crippen LogP contribution < -0.4 is 5.32 Å². The summed E-state index contributed by atoms with van der Waals surface area (Å²) in [6.45, 7) is 9.93. The number of carbonyl (C=O) groups is 1. The fourth-order valence-electron chi connectivity index (χ4n) is 1.49. The van der Waals surface area contributed by atoms with Crippen LogP contribution >= 0.6 is 0 Å². The Bertz CT molecular complexity index is 440. The Balaban J connectivity index is 2.92. The molecule has 0 unspecified atom stereocenters. The molecule has 0 aliphatic rings. The predicted octanol–water partition coefficient (Wildman–Crippen LogP) is 3.09. The second-order valence-corrected chi connectivity index (χ2v) is 4.11. The van der Waals surface area contributed by atoms with Gasteiger partial charge in [0.2, 0.25) is 5.91 Å². The molecule has 0 aliphatic carbocycles. The Kier molecular flexibility index (Phi) is 4.70. The molecule has 0 fully saturated rings. The van der Waals surface area contributed by atoms with Crippen LogP contribution in [0.15, 0.2) is 42.5 Å². The van der Waals surface area contributed by atoms with Gasteiger partial charge in [0.15, 0.2) is 0 Å². The van der Waals surface area contributed by atoms with E-state index in [1.54, 1.807) is 6.08 Å². The van der Waals surface area contributed by atoms with Crippen molar-refractivity contribution in [2.75, 3.05) is 6.54 Å². The summed E-state index contributed by atoms with van der Waals surface area (Å²) in [6, 6.07) is 8.17. The fourth-order valence-corrected chi connectivity index (χ4v) is 1.49. The molecule has 0 atom stereocenters. The molecule has 1 aromatic carbocycles. The van der Waals surface area contributed by atoms with Crippen LogP contribution in [0.3, 0.4) is 0 Å². The highest BCUT2D eigenvalue weighted by atomic mass is 16.1. The number of nitrogens with one attached hydrogen (secondary N) is 1. The summed E-state index contributed by atoms with van der Waals surface area (Å²) in [6.07, 6.45) is 1.67. The Hall–Kier alpha value is -1.83. The monoisotopic (exact) mass is 229 g/mol.